The smallest absolute Gasteiger partial charge is 0.256 e. The lowest BCUT2D eigenvalue weighted by molar-refractivity contribution is -0.138. The first-order valence-electron chi connectivity index (χ1n) is 7.58. The van der Waals surface area contributed by atoms with E-state index in [9.17, 15) is 14.9 Å². The molecule has 3 aliphatic rings. The number of nitriles is 1. The molecule has 2 amide bonds. The summed E-state index contributed by atoms with van der Waals surface area (Å²) < 4.78 is 10.7. The molecule has 0 radical (unpaired) electrons. The van der Waals surface area contributed by atoms with Crippen molar-refractivity contribution in [3.05, 3.63) is 23.8 Å². The molecule has 4 rings (SSSR count). The maximum atomic E-state index is 12.5. The van der Waals surface area contributed by atoms with Crippen LogP contribution in [0.3, 0.4) is 0 Å². The first-order chi connectivity index (χ1) is 11.6. The van der Waals surface area contributed by atoms with Gasteiger partial charge in [-0.1, -0.05) is 6.07 Å². The lowest BCUT2D eigenvalue weighted by Crippen LogP contribution is -2.50. The first kappa shape index (κ1) is 15.1. The fourth-order valence-corrected chi connectivity index (χ4v) is 5.09. The highest BCUT2D eigenvalue weighted by atomic mass is 32.2. The van der Waals surface area contributed by atoms with Crippen molar-refractivity contribution in [3.63, 3.8) is 0 Å². The van der Waals surface area contributed by atoms with Gasteiger partial charge in [0.05, 0.1) is 23.8 Å². The molecule has 0 bridgehead atoms. The number of carbonyl (C=O) groups is 2. The summed E-state index contributed by atoms with van der Waals surface area (Å²) in [5.74, 6) is 0.670. The number of ether oxygens (including phenoxy) is 2. The van der Waals surface area contributed by atoms with E-state index in [1.54, 1.807) is 24.1 Å². The Kier molecular flexibility index (Phi) is 3.35. The van der Waals surface area contributed by atoms with Crippen LogP contribution in [0.4, 0.5) is 0 Å². The van der Waals surface area contributed by atoms with E-state index in [2.05, 4.69) is 11.4 Å². The van der Waals surface area contributed by atoms with Crippen LogP contribution in [0.15, 0.2) is 18.2 Å². The van der Waals surface area contributed by atoms with Crippen molar-refractivity contribution in [1.29, 1.82) is 5.26 Å². The summed E-state index contributed by atoms with van der Waals surface area (Å²) in [4.78, 5) is 25.6. The molecule has 1 aromatic rings. The van der Waals surface area contributed by atoms with Gasteiger partial charge in [0.1, 0.15) is 0 Å². The first-order valence-corrected chi connectivity index (χ1v) is 8.57. The van der Waals surface area contributed by atoms with Crippen molar-refractivity contribution in [1.82, 2.24) is 10.2 Å². The minimum absolute atomic E-state index is 0.121. The molecule has 0 aromatic heterocycles. The highest BCUT2D eigenvalue weighted by molar-refractivity contribution is 8.02. The van der Waals surface area contributed by atoms with Gasteiger partial charge < -0.3 is 19.7 Å². The van der Waals surface area contributed by atoms with E-state index in [4.69, 9.17) is 9.47 Å². The highest BCUT2D eigenvalue weighted by Crippen LogP contribution is 2.56. The van der Waals surface area contributed by atoms with E-state index >= 15 is 0 Å². The molecule has 24 heavy (non-hydrogen) atoms. The number of thioether (sulfide) groups is 1. The molecular weight excluding hydrogens is 330 g/mol. The second-order valence-electron chi connectivity index (χ2n) is 5.91. The topological polar surface area (TPSA) is 91.7 Å². The lowest BCUT2D eigenvalue weighted by Gasteiger charge is -2.32. The zero-order valence-electron chi connectivity index (χ0n) is 12.9. The molecule has 2 saturated heterocycles. The van der Waals surface area contributed by atoms with E-state index in [0.717, 1.165) is 5.56 Å². The van der Waals surface area contributed by atoms with Crippen LogP contribution in [0, 0.1) is 17.2 Å². The van der Waals surface area contributed by atoms with Crippen molar-refractivity contribution in [2.75, 3.05) is 19.6 Å². The number of fused-ring (bicyclic) bond motifs is 2. The highest BCUT2D eigenvalue weighted by Gasteiger charge is 2.62. The van der Waals surface area contributed by atoms with E-state index in [-0.39, 0.29) is 24.4 Å². The van der Waals surface area contributed by atoms with Crippen molar-refractivity contribution in [2.24, 2.45) is 5.92 Å². The van der Waals surface area contributed by atoms with E-state index in [1.165, 1.54) is 11.8 Å². The zero-order chi connectivity index (χ0) is 16.9. The molecule has 3 unspecified atom stereocenters. The number of hydrogen-bond acceptors (Lipinski definition) is 6. The van der Waals surface area contributed by atoms with Gasteiger partial charge >= 0.3 is 0 Å². The monoisotopic (exact) mass is 345 g/mol. The lowest BCUT2D eigenvalue weighted by atomic mass is 9.94. The molecule has 0 aliphatic carbocycles. The maximum Gasteiger partial charge on any atom is 0.256 e. The largest absolute Gasteiger partial charge is 0.454 e. The Morgan fingerprint density at radius 1 is 1.46 bits per heavy atom. The Bertz CT molecular complexity index is 777. The summed E-state index contributed by atoms with van der Waals surface area (Å²) in [6, 6.07) is 7.21. The number of carbonyl (C=O) groups excluding carboxylic acids is 2. The normalized spacial score (nSPS) is 30.2. The summed E-state index contributed by atoms with van der Waals surface area (Å²) in [5, 5.41) is 12.3. The molecule has 124 valence electrons. The van der Waals surface area contributed by atoms with Gasteiger partial charge in [-0.2, -0.15) is 5.26 Å². The van der Waals surface area contributed by atoms with Gasteiger partial charge in [-0.3, -0.25) is 9.59 Å². The number of rotatable bonds is 2. The van der Waals surface area contributed by atoms with Gasteiger partial charge in [0.25, 0.3) is 5.91 Å². The second-order valence-corrected chi connectivity index (χ2v) is 7.17. The Balaban J connectivity index is 1.80. The molecule has 8 heteroatoms. The fraction of sp³-hybridized carbons (Fsp3) is 0.438. The Labute approximate surface area is 142 Å². The Hall–Kier alpha value is -2.40. The van der Waals surface area contributed by atoms with Crippen molar-refractivity contribution in [3.8, 4) is 17.6 Å². The van der Waals surface area contributed by atoms with E-state index in [1.807, 2.05) is 6.07 Å². The molecule has 3 atom stereocenters. The van der Waals surface area contributed by atoms with E-state index < -0.39 is 16.8 Å². The van der Waals surface area contributed by atoms with Crippen LogP contribution in [0.2, 0.25) is 0 Å². The van der Waals surface area contributed by atoms with Crippen LogP contribution in [-0.4, -0.2) is 41.2 Å². The van der Waals surface area contributed by atoms with Gasteiger partial charge in [-0.25, -0.2) is 0 Å². The van der Waals surface area contributed by atoms with Crippen LogP contribution >= 0.6 is 11.8 Å². The van der Waals surface area contributed by atoms with Crippen LogP contribution < -0.4 is 14.8 Å². The molecule has 7 nitrogen and oxygen atoms in total. The third-order valence-electron chi connectivity index (χ3n) is 4.73. The number of nitrogens with one attached hydrogen (secondary N) is 1. The number of benzene rings is 1. The van der Waals surface area contributed by atoms with Gasteiger partial charge in [0.2, 0.25) is 12.7 Å². The molecule has 0 saturated carbocycles. The molecule has 1 aromatic carbocycles. The number of nitrogens with zero attached hydrogens (tertiary/aromatic N) is 2. The average Bonchev–Trinajstić information content (AvgIpc) is 3.27. The predicted octanol–water partition coefficient (Wildman–Crippen LogP) is 1.02. The number of hydrogen-bond donors (Lipinski definition) is 1. The molecular formula is C16H15N3O4S. The SMILES string of the molecule is CNC(=O)C12CC(C#N)C(c3ccc4c(c3)OCO4)N1C(=O)CS2. The molecule has 1 N–H and O–H groups in total. The van der Waals surface area contributed by atoms with Crippen molar-refractivity contribution < 1.29 is 19.1 Å². The van der Waals surface area contributed by atoms with Gasteiger partial charge in [-0.15, -0.1) is 11.8 Å². The summed E-state index contributed by atoms with van der Waals surface area (Å²) in [7, 11) is 1.55. The maximum absolute atomic E-state index is 12.5. The van der Waals surface area contributed by atoms with Gasteiger partial charge in [0, 0.05) is 13.5 Å². The minimum atomic E-state index is -1.01. The molecule has 3 aliphatic heterocycles. The van der Waals surface area contributed by atoms with Crippen LogP contribution in [0.5, 0.6) is 11.5 Å². The Morgan fingerprint density at radius 2 is 2.25 bits per heavy atom. The van der Waals surface area contributed by atoms with Gasteiger partial charge in [-0.05, 0) is 17.7 Å². The standard InChI is InChI=1S/C16H15N3O4S/c1-18-15(21)16-5-10(6-17)14(19(16)13(20)7-24-16)9-2-3-11-12(4-9)23-8-22-11/h2-4,10,14H,5,7-8H2,1H3,(H,18,21). The molecule has 0 spiro atoms. The quantitative estimate of drug-likeness (QED) is 0.860. The third-order valence-corrected chi connectivity index (χ3v) is 6.15. The predicted molar refractivity (Wildman–Crippen MR) is 85.1 cm³/mol. The number of amides is 2. The van der Waals surface area contributed by atoms with Crippen LogP contribution in [-0.2, 0) is 9.59 Å². The fourth-order valence-electron chi connectivity index (χ4n) is 3.71. The van der Waals surface area contributed by atoms with E-state index in [0.29, 0.717) is 17.9 Å². The molecule has 3 heterocycles. The molecule has 2 fully saturated rings. The number of likely N-dealkylation sites (N-methyl/N-ethyl adjacent to an activating group) is 1. The van der Waals surface area contributed by atoms with Crippen molar-refractivity contribution >= 4 is 23.6 Å². The van der Waals surface area contributed by atoms with Gasteiger partial charge in [0.15, 0.2) is 16.4 Å². The van der Waals surface area contributed by atoms with Crippen molar-refractivity contribution in [2.45, 2.75) is 17.3 Å². The Morgan fingerprint density at radius 3 is 3.00 bits per heavy atom. The third kappa shape index (κ3) is 1.91. The van der Waals surface area contributed by atoms with Crippen LogP contribution in [0.1, 0.15) is 18.0 Å². The summed E-state index contributed by atoms with van der Waals surface area (Å²) in [6.45, 7) is 0.159. The average molecular weight is 345 g/mol. The zero-order valence-corrected chi connectivity index (χ0v) is 13.8. The summed E-state index contributed by atoms with van der Waals surface area (Å²) in [5.41, 5.74) is 0.785. The van der Waals surface area contributed by atoms with Crippen LogP contribution in [0.25, 0.3) is 0 Å². The summed E-state index contributed by atoms with van der Waals surface area (Å²) in [6.07, 6.45) is 0.318. The summed E-state index contributed by atoms with van der Waals surface area (Å²) >= 11 is 1.30. The minimum Gasteiger partial charge on any atom is -0.454 e. The second kappa shape index (κ2) is 5.31.